The normalized spacial score (nSPS) is 13.4. The number of hydrogen-bond donors (Lipinski definition) is 2. The highest BCUT2D eigenvalue weighted by molar-refractivity contribution is 6.31. The largest absolute Gasteiger partial charge is 0.486 e. The van der Waals surface area contributed by atoms with Crippen LogP contribution in [0.25, 0.3) is 0 Å². The van der Waals surface area contributed by atoms with Crippen LogP contribution in [0.1, 0.15) is 11.1 Å². The van der Waals surface area contributed by atoms with Gasteiger partial charge in [-0.2, -0.15) is 0 Å². The van der Waals surface area contributed by atoms with E-state index >= 15 is 0 Å². The molecule has 1 aliphatic heterocycles. The number of fused-ring (bicyclic) bond motifs is 1. The van der Waals surface area contributed by atoms with E-state index in [2.05, 4.69) is 21.7 Å². The summed E-state index contributed by atoms with van der Waals surface area (Å²) in [5, 5.41) is 7.34. The maximum absolute atomic E-state index is 6.17. The van der Waals surface area contributed by atoms with Crippen LogP contribution in [0.5, 0.6) is 11.5 Å². The fraction of sp³-hybridized carbons (Fsp3) is 0.316. The molecule has 5 nitrogen and oxygen atoms in total. The minimum atomic E-state index is 0.604. The molecule has 1 heterocycles. The van der Waals surface area contributed by atoms with Gasteiger partial charge in [-0.1, -0.05) is 35.9 Å². The fourth-order valence-electron chi connectivity index (χ4n) is 2.61. The van der Waals surface area contributed by atoms with E-state index in [4.69, 9.17) is 21.1 Å². The molecule has 0 atom stereocenters. The van der Waals surface area contributed by atoms with Crippen molar-refractivity contribution in [1.82, 2.24) is 10.6 Å². The monoisotopic (exact) mass is 359 g/mol. The number of benzene rings is 2. The van der Waals surface area contributed by atoms with Gasteiger partial charge in [-0.15, -0.1) is 0 Å². The van der Waals surface area contributed by atoms with E-state index in [1.165, 1.54) is 5.56 Å². The van der Waals surface area contributed by atoms with Gasteiger partial charge in [-0.25, -0.2) is 0 Å². The molecule has 0 aliphatic carbocycles. The van der Waals surface area contributed by atoms with Crippen LogP contribution in [0.2, 0.25) is 5.02 Å². The lowest BCUT2D eigenvalue weighted by molar-refractivity contribution is 0.171. The minimum Gasteiger partial charge on any atom is -0.486 e. The number of aliphatic imine (C=N–C) groups is 1. The van der Waals surface area contributed by atoms with Crippen LogP contribution in [-0.2, 0) is 13.0 Å². The van der Waals surface area contributed by atoms with Crippen LogP contribution in [0, 0.1) is 0 Å². The van der Waals surface area contributed by atoms with Gasteiger partial charge in [0.25, 0.3) is 0 Å². The van der Waals surface area contributed by atoms with E-state index in [0.717, 1.165) is 41.0 Å². The van der Waals surface area contributed by atoms with Crippen LogP contribution in [0.15, 0.2) is 47.5 Å². The Balaban J connectivity index is 1.48. The van der Waals surface area contributed by atoms with Gasteiger partial charge in [0, 0.05) is 25.2 Å². The van der Waals surface area contributed by atoms with Gasteiger partial charge in [0.05, 0.1) is 0 Å². The Morgan fingerprint density at radius 3 is 2.68 bits per heavy atom. The fourth-order valence-corrected chi connectivity index (χ4v) is 2.81. The molecule has 1 aliphatic rings. The zero-order valence-corrected chi connectivity index (χ0v) is 15.0. The molecule has 0 bridgehead atoms. The molecule has 2 aromatic carbocycles. The molecule has 0 radical (unpaired) electrons. The average Bonchev–Trinajstić information content (AvgIpc) is 2.65. The summed E-state index contributed by atoms with van der Waals surface area (Å²) >= 11 is 6.17. The molecule has 2 N–H and O–H groups in total. The van der Waals surface area contributed by atoms with E-state index in [-0.39, 0.29) is 0 Å². The van der Waals surface area contributed by atoms with Gasteiger partial charge in [0.2, 0.25) is 0 Å². The molecule has 2 aromatic rings. The molecular weight excluding hydrogens is 338 g/mol. The van der Waals surface area contributed by atoms with Gasteiger partial charge < -0.3 is 20.1 Å². The molecule has 0 aromatic heterocycles. The molecule has 3 rings (SSSR count). The van der Waals surface area contributed by atoms with Crippen LogP contribution >= 0.6 is 11.6 Å². The minimum absolute atomic E-state index is 0.604. The first kappa shape index (κ1) is 17.4. The molecule has 0 unspecified atom stereocenters. The topological polar surface area (TPSA) is 54.9 Å². The first-order valence-electron chi connectivity index (χ1n) is 8.32. The second kappa shape index (κ2) is 8.62. The van der Waals surface area contributed by atoms with E-state index in [0.29, 0.717) is 19.8 Å². The number of guanidine groups is 1. The Labute approximate surface area is 153 Å². The van der Waals surface area contributed by atoms with Crippen molar-refractivity contribution in [2.24, 2.45) is 4.99 Å². The van der Waals surface area contributed by atoms with E-state index in [9.17, 15) is 0 Å². The summed E-state index contributed by atoms with van der Waals surface area (Å²) in [5.74, 6) is 2.39. The number of ether oxygens (including phenoxy) is 2. The number of nitrogens with one attached hydrogen (secondary N) is 2. The predicted octanol–water partition coefficient (Wildman–Crippen LogP) is 3.02. The Kier molecular flexibility index (Phi) is 6.01. The van der Waals surface area contributed by atoms with E-state index < -0.39 is 0 Å². The third kappa shape index (κ3) is 4.79. The highest BCUT2D eigenvalue weighted by atomic mass is 35.5. The van der Waals surface area contributed by atoms with Crippen molar-refractivity contribution in [3.05, 3.63) is 58.6 Å². The van der Waals surface area contributed by atoms with Crippen molar-refractivity contribution in [2.75, 3.05) is 26.8 Å². The van der Waals surface area contributed by atoms with Crippen molar-refractivity contribution in [1.29, 1.82) is 0 Å². The van der Waals surface area contributed by atoms with Gasteiger partial charge >= 0.3 is 0 Å². The summed E-state index contributed by atoms with van der Waals surface area (Å²) in [5.41, 5.74) is 2.23. The number of nitrogens with zero attached hydrogens (tertiary/aromatic N) is 1. The Hall–Kier alpha value is -2.40. The average molecular weight is 360 g/mol. The maximum Gasteiger partial charge on any atom is 0.191 e. The summed E-state index contributed by atoms with van der Waals surface area (Å²) in [6, 6.07) is 13.8. The van der Waals surface area contributed by atoms with Crippen LogP contribution in [0.3, 0.4) is 0 Å². The first-order chi connectivity index (χ1) is 12.3. The summed E-state index contributed by atoms with van der Waals surface area (Å²) in [6.45, 7) is 2.61. The van der Waals surface area contributed by atoms with Gasteiger partial charge in [-0.3, -0.25) is 4.99 Å². The second-order valence-electron chi connectivity index (χ2n) is 5.67. The third-order valence-electron chi connectivity index (χ3n) is 3.94. The molecule has 0 spiro atoms. The molecule has 0 saturated carbocycles. The van der Waals surface area contributed by atoms with Gasteiger partial charge in [0.15, 0.2) is 17.5 Å². The van der Waals surface area contributed by atoms with Crippen molar-refractivity contribution in [2.45, 2.75) is 13.0 Å². The van der Waals surface area contributed by atoms with Crippen molar-refractivity contribution >= 4 is 17.6 Å². The summed E-state index contributed by atoms with van der Waals surface area (Å²) in [7, 11) is 1.76. The Morgan fingerprint density at radius 2 is 1.88 bits per heavy atom. The van der Waals surface area contributed by atoms with Crippen LogP contribution in [0.4, 0.5) is 0 Å². The maximum atomic E-state index is 6.17. The van der Waals surface area contributed by atoms with Crippen LogP contribution in [-0.4, -0.2) is 32.8 Å². The lowest BCUT2D eigenvalue weighted by atomic mass is 10.1. The van der Waals surface area contributed by atoms with Gasteiger partial charge in [-0.05, 0) is 35.7 Å². The Bertz CT molecular complexity index is 749. The zero-order chi connectivity index (χ0) is 17.5. The van der Waals surface area contributed by atoms with Crippen molar-refractivity contribution in [3.8, 4) is 11.5 Å². The molecular formula is C19H22ClN3O2. The van der Waals surface area contributed by atoms with E-state index in [1.807, 2.05) is 36.4 Å². The highest BCUT2D eigenvalue weighted by Crippen LogP contribution is 2.30. The molecule has 0 fully saturated rings. The molecule has 6 heteroatoms. The number of halogens is 1. The molecule has 132 valence electrons. The third-order valence-corrected chi connectivity index (χ3v) is 4.31. The van der Waals surface area contributed by atoms with Crippen LogP contribution < -0.4 is 20.1 Å². The lowest BCUT2D eigenvalue weighted by Gasteiger charge is -2.19. The molecule has 0 saturated heterocycles. The molecule has 0 amide bonds. The first-order valence-corrected chi connectivity index (χ1v) is 8.70. The predicted molar refractivity (Wildman–Crippen MR) is 101 cm³/mol. The van der Waals surface area contributed by atoms with Crippen molar-refractivity contribution in [3.63, 3.8) is 0 Å². The highest BCUT2D eigenvalue weighted by Gasteiger charge is 2.11. The number of rotatable bonds is 5. The second-order valence-corrected chi connectivity index (χ2v) is 6.08. The smallest absolute Gasteiger partial charge is 0.191 e. The summed E-state index contributed by atoms with van der Waals surface area (Å²) < 4.78 is 11.2. The summed E-state index contributed by atoms with van der Waals surface area (Å²) in [6.07, 6.45) is 0.865. The van der Waals surface area contributed by atoms with Gasteiger partial charge in [0.1, 0.15) is 13.2 Å². The SMILES string of the molecule is CN=C(NCCc1ccc2c(c1)OCCO2)NCc1ccccc1Cl. The number of hydrogen-bond acceptors (Lipinski definition) is 3. The zero-order valence-electron chi connectivity index (χ0n) is 14.2. The Morgan fingerprint density at radius 1 is 1.08 bits per heavy atom. The standard InChI is InChI=1S/C19H22ClN3O2/c1-21-19(23-13-15-4-2-3-5-16(15)20)22-9-8-14-6-7-17-18(12-14)25-11-10-24-17/h2-7,12H,8-11,13H2,1H3,(H2,21,22,23). The van der Waals surface area contributed by atoms with Crippen molar-refractivity contribution < 1.29 is 9.47 Å². The lowest BCUT2D eigenvalue weighted by Crippen LogP contribution is -2.37. The van der Waals surface area contributed by atoms with E-state index in [1.54, 1.807) is 7.05 Å². The quantitative estimate of drug-likeness (QED) is 0.636. The molecule has 25 heavy (non-hydrogen) atoms. The summed E-state index contributed by atoms with van der Waals surface area (Å²) in [4.78, 5) is 4.24.